The molecule has 3 aliphatic rings. The number of aromatic nitrogens is 2. The van der Waals surface area contributed by atoms with E-state index in [1.807, 2.05) is 19.1 Å². The van der Waals surface area contributed by atoms with Crippen molar-refractivity contribution in [2.75, 3.05) is 13.9 Å². The zero-order valence-electron chi connectivity index (χ0n) is 19.8. The summed E-state index contributed by atoms with van der Waals surface area (Å²) in [6.07, 6.45) is 1.67. The standard InChI is InChI=1S/C26H26N2O7/c1-4-26(31)18-8-20-23-16(10-28(20)24(29)17(18)11-33-25(26)30)14(6-5-13(2)32-3)15-7-21-22(35-12-34-21)9-19(15)27-23/h7-9,13,31H,4-6,10-12H2,1-3H3/t13-,26-/m0/s1. The first-order chi connectivity index (χ1) is 16.9. The van der Waals surface area contributed by atoms with Gasteiger partial charge in [-0.3, -0.25) is 4.79 Å². The molecule has 0 saturated carbocycles. The molecule has 6 rings (SSSR count). The highest BCUT2D eigenvalue weighted by atomic mass is 16.7. The monoisotopic (exact) mass is 478 g/mol. The average molecular weight is 479 g/mol. The third-order valence-corrected chi connectivity index (χ3v) is 7.50. The van der Waals surface area contributed by atoms with Gasteiger partial charge in [0.2, 0.25) is 6.79 Å². The first kappa shape index (κ1) is 22.1. The maximum atomic E-state index is 13.5. The van der Waals surface area contributed by atoms with Crippen LogP contribution < -0.4 is 15.0 Å². The van der Waals surface area contributed by atoms with Crippen LogP contribution >= 0.6 is 0 Å². The van der Waals surface area contributed by atoms with E-state index in [-0.39, 0.29) is 31.5 Å². The summed E-state index contributed by atoms with van der Waals surface area (Å²) in [5.41, 5.74) is 2.51. The highest BCUT2D eigenvalue weighted by Crippen LogP contribution is 2.43. The lowest BCUT2D eigenvalue weighted by molar-refractivity contribution is -0.172. The number of hydrogen-bond donors (Lipinski definition) is 1. The molecule has 0 saturated heterocycles. The maximum absolute atomic E-state index is 13.5. The summed E-state index contributed by atoms with van der Waals surface area (Å²) in [4.78, 5) is 30.9. The van der Waals surface area contributed by atoms with Gasteiger partial charge < -0.3 is 28.6 Å². The number of nitrogens with zero attached hydrogens (tertiary/aromatic N) is 2. The summed E-state index contributed by atoms with van der Waals surface area (Å²) in [6.45, 7) is 4.08. The molecule has 0 radical (unpaired) electrons. The van der Waals surface area contributed by atoms with E-state index >= 15 is 0 Å². The van der Waals surface area contributed by atoms with Gasteiger partial charge in [-0.2, -0.15) is 0 Å². The Morgan fingerprint density at radius 2 is 1.94 bits per heavy atom. The summed E-state index contributed by atoms with van der Waals surface area (Å²) in [6, 6.07) is 5.55. The minimum atomic E-state index is -1.86. The van der Waals surface area contributed by atoms with Gasteiger partial charge in [-0.1, -0.05) is 6.92 Å². The van der Waals surface area contributed by atoms with Crippen molar-refractivity contribution in [1.82, 2.24) is 9.55 Å². The summed E-state index contributed by atoms with van der Waals surface area (Å²) >= 11 is 0. The zero-order chi connectivity index (χ0) is 24.5. The first-order valence-corrected chi connectivity index (χ1v) is 11.8. The summed E-state index contributed by atoms with van der Waals surface area (Å²) < 4.78 is 23.5. The van der Waals surface area contributed by atoms with Crippen molar-refractivity contribution >= 4 is 16.9 Å². The van der Waals surface area contributed by atoms with Crippen molar-refractivity contribution in [3.63, 3.8) is 0 Å². The number of methoxy groups -OCH3 is 1. The SMILES string of the molecule is CC[C@@]1(O)C(=O)OCc2c1cc1n(c2=O)Cc2c-1nc1cc3c(cc1c2CC[C@H](C)OC)OCO3. The molecule has 0 unspecified atom stereocenters. The fourth-order valence-electron chi connectivity index (χ4n) is 5.30. The number of fused-ring (bicyclic) bond motifs is 6. The molecular weight excluding hydrogens is 452 g/mol. The van der Waals surface area contributed by atoms with Crippen molar-refractivity contribution in [3.8, 4) is 22.9 Å². The van der Waals surface area contributed by atoms with E-state index in [2.05, 4.69) is 0 Å². The van der Waals surface area contributed by atoms with Gasteiger partial charge in [0.25, 0.3) is 5.56 Å². The van der Waals surface area contributed by atoms with E-state index in [0.717, 1.165) is 34.9 Å². The van der Waals surface area contributed by atoms with E-state index < -0.39 is 11.6 Å². The molecule has 2 atom stereocenters. The molecule has 9 heteroatoms. The van der Waals surface area contributed by atoms with Crippen molar-refractivity contribution in [2.24, 2.45) is 0 Å². The first-order valence-electron chi connectivity index (χ1n) is 11.8. The molecule has 1 aromatic carbocycles. The van der Waals surface area contributed by atoms with Gasteiger partial charge in [0.1, 0.15) is 6.61 Å². The number of aryl methyl sites for hydroxylation is 1. The molecule has 2 aromatic heterocycles. The Morgan fingerprint density at radius 1 is 1.17 bits per heavy atom. The highest BCUT2D eigenvalue weighted by molar-refractivity contribution is 5.91. The van der Waals surface area contributed by atoms with Gasteiger partial charge >= 0.3 is 5.97 Å². The molecule has 35 heavy (non-hydrogen) atoms. The van der Waals surface area contributed by atoms with Crippen LogP contribution in [-0.4, -0.2) is 40.6 Å². The number of hydrogen-bond acceptors (Lipinski definition) is 8. The lowest BCUT2D eigenvalue weighted by Gasteiger charge is -2.31. The molecule has 0 aliphatic carbocycles. The number of pyridine rings is 2. The minimum Gasteiger partial charge on any atom is -0.458 e. The van der Waals surface area contributed by atoms with Gasteiger partial charge in [-0.05, 0) is 43.9 Å². The average Bonchev–Trinajstić information content (AvgIpc) is 3.47. The second-order valence-electron chi connectivity index (χ2n) is 9.33. The van der Waals surface area contributed by atoms with Crippen LogP contribution in [0.1, 0.15) is 48.9 Å². The van der Waals surface area contributed by atoms with Crippen LogP contribution in [0.2, 0.25) is 0 Å². The molecule has 0 spiro atoms. The van der Waals surface area contributed by atoms with Crippen LogP contribution in [0.5, 0.6) is 11.5 Å². The third kappa shape index (κ3) is 3.11. The fourth-order valence-corrected chi connectivity index (χ4v) is 5.30. The van der Waals surface area contributed by atoms with Gasteiger partial charge in [0.15, 0.2) is 17.1 Å². The largest absolute Gasteiger partial charge is 0.458 e. The smallest absolute Gasteiger partial charge is 0.343 e. The van der Waals surface area contributed by atoms with Gasteiger partial charge in [-0.15, -0.1) is 0 Å². The van der Waals surface area contributed by atoms with E-state index in [9.17, 15) is 14.7 Å². The summed E-state index contributed by atoms with van der Waals surface area (Å²) in [5, 5.41) is 12.1. The van der Waals surface area contributed by atoms with Crippen LogP contribution in [0.3, 0.4) is 0 Å². The van der Waals surface area contributed by atoms with E-state index in [1.165, 1.54) is 0 Å². The number of carbonyl (C=O) groups excluding carboxylic acids is 1. The molecular formula is C26H26N2O7. The minimum absolute atomic E-state index is 0.0596. The topological polar surface area (TPSA) is 109 Å². The lowest BCUT2D eigenvalue weighted by Crippen LogP contribution is -2.44. The number of ether oxygens (including phenoxy) is 4. The second kappa shape index (κ2) is 7.79. The predicted molar refractivity (Wildman–Crippen MR) is 125 cm³/mol. The zero-order valence-corrected chi connectivity index (χ0v) is 19.8. The van der Waals surface area contributed by atoms with E-state index in [1.54, 1.807) is 24.7 Å². The fraction of sp³-hybridized carbons (Fsp3) is 0.423. The number of cyclic esters (lactones) is 1. The quantitative estimate of drug-likeness (QED) is 0.436. The molecule has 0 fully saturated rings. The molecule has 182 valence electrons. The molecule has 3 aromatic rings. The maximum Gasteiger partial charge on any atom is 0.343 e. The van der Waals surface area contributed by atoms with Crippen molar-refractivity contribution < 1.29 is 28.8 Å². The Bertz CT molecular complexity index is 1460. The van der Waals surface area contributed by atoms with Crippen molar-refractivity contribution in [2.45, 2.75) is 58.0 Å². The Kier molecular flexibility index (Phi) is 4.91. The van der Waals surface area contributed by atoms with Crippen LogP contribution in [0.15, 0.2) is 23.0 Å². The van der Waals surface area contributed by atoms with Gasteiger partial charge in [-0.25, -0.2) is 9.78 Å². The Hall–Kier alpha value is -3.43. The van der Waals surface area contributed by atoms with E-state index in [4.69, 9.17) is 23.9 Å². The predicted octanol–water partition coefficient (Wildman–Crippen LogP) is 2.78. The summed E-state index contributed by atoms with van der Waals surface area (Å²) in [7, 11) is 1.69. The van der Waals surface area contributed by atoms with Crippen LogP contribution in [0.25, 0.3) is 22.3 Å². The number of aliphatic hydroxyl groups is 1. The second-order valence-corrected chi connectivity index (χ2v) is 9.33. The number of carbonyl (C=O) groups is 1. The number of rotatable bonds is 5. The van der Waals surface area contributed by atoms with Crippen LogP contribution in [0, 0.1) is 0 Å². The van der Waals surface area contributed by atoms with E-state index in [0.29, 0.717) is 40.6 Å². The Morgan fingerprint density at radius 3 is 2.69 bits per heavy atom. The van der Waals surface area contributed by atoms with Crippen molar-refractivity contribution in [1.29, 1.82) is 0 Å². The van der Waals surface area contributed by atoms with Crippen molar-refractivity contribution in [3.05, 3.63) is 50.8 Å². The molecule has 3 aliphatic heterocycles. The van der Waals surface area contributed by atoms with Crippen LogP contribution in [-0.2, 0) is 39.4 Å². The molecule has 0 amide bonds. The number of esters is 1. The molecule has 9 nitrogen and oxygen atoms in total. The summed E-state index contributed by atoms with van der Waals surface area (Å²) in [5.74, 6) is 0.570. The Balaban J connectivity index is 1.60. The number of benzene rings is 1. The third-order valence-electron chi connectivity index (χ3n) is 7.50. The van der Waals surface area contributed by atoms with Gasteiger partial charge in [0, 0.05) is 29.7 Å². The lowest BCUT2D eigenvalue weighted by atomic mass is 9.86. The van der Waals surface area contributed by atoms with Crippen LogP contribution in [0.4, 0.5) is 0 Å². The molecule has 1 N–H and O–H groups in total. The molecule has 0 bridgehead atoms. The van der Waals surface area contributed by atoms with Gasteiger partial charge in [0.05, 0.1) is 35.1 Å². The normalized spacial score (nSPS) is 20.4. The molecule has 5 heterocycles. The Labute approximate surface area is 201 Å². The highest BCUT2D eigenvalue weighted by Gasteiger charge is 2.45.